The van der Waals surface area contributed by atoms with Gasteiger partial charge in [0.1, 0.15) is 6.04 Å². The molecule has 0 aliphatic rings. The minimum atomic E-state index is -1.07. The second-order valence-electron chi connectivity index (χ2n) is 3.93. The van der Waals surface area contributed by atoms with E-state index >= 15 is 0 Å². The standard InChI is InChI=1S/C12H14Cl2N2O3S/c1-20-3-2-10(11(17)18)16-12(19)15-9-5-7(13)4-8(14)6-9/h4-6,10H,2-3H2,1H3,(H,17,18)(H2,15,16,19)/t10-/m0/s1. The number of carbonyl (C=O) groups excluding carboxylic acids is 1. The molecular formula is C12H14Cl2N2O3S. The van der Waals surface area contributed by atoms with Crippen LogP contribution in [0.25, 0.3) is 0 Å². The van der Waals surface area contributed by atoms with E-state index in [2.05, 4.69) is 10.6 Å². The van der Waals surface area contributed by atoms with Crippen molar-refractivity contribution in [2.45, 2.75) is 12.5 Å². The van der Waals surface area contributed by atoms with Gasteiger partial charge >= 0.3 is 12.0 Å². The van der Waals surface area contributed by atoms with Gasteiger partial charge in [0.2, 0.25) is 0 Å². The summed E-state index contributed by atoms with van der Waals surface area (Å²) < 4.78 is 0. The number of halogens is 2. The van der Waals surface area contributed by atoms with Crippen molar-refractivity contribution >= 4 is 52.7 Å². The first-order valence-electron chi connectivity index (χ1n) is 5.67. The lowest BCUT2D eigenvalue weighted by Crippen LogP contribution is -2.43. The summed E-state index contributed by atoms with van der Waals surface area (Å²) in [5.74, 6) is -0.432. The Balaban J connectivity index is 2.63. The van der Waals surface area contributed by atoms with E-state index in [-0.39, 0.29) is 0 Å². The van der Waals surface area contributed by atoms with Gasteiger partial charge in [0.05, 0.1) is 0 Å². The van der Waals surface area contributed by atoms with Crippen molar-refractivity contribution in [3.05, 3.63) is 28.2 Å². The van der Waals surface area contributed by atoms with Crippen LogP contribution in [0.15, 0.2) is 18.2 Å². The monoisotopic (exact) mass is 336 g/mol. The van der Waals surface area contributed by atoms with E-state index in [9.17, 15) is 9.59 Å². The van der Waals surface area contributed by atoms with Gasteiger partial charge in [-0.2, -0.15) is 11.8 Å². The predicted octanol–water partition coefficient (Wildman–Crippen LogP) is 3.32. The van der Waals surface area contributed by atoms with E-state index < -0.39 is 18.0 Å². The molecule has 0 saturated carbocycles. The molecule has 1 aromatic rings. The maximum Gasteiger partial charge on any atom is 0.326 e. The molecule has 110 valence electrons. The number of amides is 2. The molecule has 3 N–H and O–H groups in total. The summed E-state index contributed by atoms with van der Waals surface area (Å²) in [7, 11) is 0. The molecule has 0 aliphatic heterocycles. The van der Waals surface area contributed by atoms with Gasteiger partial charge < -0.3 is 15.7 Å². The highest BCUT2D eigenvalue weighted by molar-refractivity contribution is 7.98. The van der Waals surface area contributed by atoms with Crippen LogP contribution in [-0.2, 0) is 4.79 Å². The number of urea groups is 1. The quantitative estimate of drug-likeness (QED) is 0.744. The van der Waals surface area contributed by atoms with Crippen molar-refractivity contribution in [3.63, 3.8) is 0 Å². The van der Waals surface area contributed by atoms with Crippen molar-refractivity contribution in [2.24, 2.45) is 0 Å². The Morgan fingerprint density at radius 3 is 2.40 bits per heavy atom. The molecule has 0 aliphatic carbocycles. The van der Waals surface area contributed by atoms with E-state index in [1.165, 1.54) is 30.0 Å². The van der Waals surface area contributed by atoms with Gasteiger partial charge in [-0.15, -0.1) is 0 Å². The first-order valence-corrected chi connectivity index (χ1v) is 7.82. The van der Waals surface area contributed by atoms with Crippen LogP contribution in [0.1, 0.15) is 6.42 Å². The Morgan fingerprint density at radius 2 is 1.90 bits per heavy atom. The van der Waals surface area contributed by atoms with E-state index in [0.29, 0.717) is 27.9 Å². The molecule has 20 heavy (non-hydrogen) atoms. The molecular weight excluding hydrogens is 323 g/mol. The van der Waals surface area contributed by atoms with Crippen molar-refractivity contribution in [1.29, 1.82) is 0 Å². The van der Waals surface area contributed by atoms with Crippen LogP contribution in [0, 0.1) is 0 Å². The SMILES string of the molecule is CSCC[C@H](NC(=O)Nc1cc(Cl)cc(Cl)c1)C(=O)O. The Bertz CT molecular complexity index is 479. The Kier molecular flexibility index (Phi) is 6.98. The maximum absolute atomic E-state index is 11.7. The first-order chi connectivity index (χ1) is 9.42. The fourth-order valence-electron chi connectivity index (χ4n) is 1.44. The van der Waals surface area contributed by atoms with Gasteiger partial charge in [0.25, 0.3) is 0 Å². The molecule has 5 nitrogen and oxygen atoms in total. The van der Waals surface area contributed by atoms with Crippen LogP contribution in [0.4, 0.5) is 10.5 Å². The molecule has 0 heterocycles. The number of rotatable bonds is 6. The molecule has 0 aromatic heterocycles. The van der Waals surface area contributed by atoms with Gasteiger partial charge in [0, 0.05) is 15.7 Å². The topological polar surface area (TPSA) is 78.4 Å². The summed E-state index contributed by atoms with van der Waals surface area (Å²) in [4.78, 5) is 22.7. The molecule has 1 aromatic carbocycles. The van der Waals surface area contributed by atoms with Crippen LogP contribution in [0.3, 0.4) is 0 Å². The lowest BCUT2D eigenvalue weighted by Gasteiger charge is -2.14. The predicted molar refractivity (Wildman–Crippen MR) is 83.0 cm³/mol. The number of hydrogen-bond acceptors (Lipinski definition) is 3. The van der Waals surface area contributed by atoms with Crippen molar-refractivity contribution in [3.8, 4) is 0 Å². The first kappa shape index (κ1) is 16.9. The number of carbonyl (C=O) groups is 2. The summed E-state index contributed by atoms with van der Waals surface area (Å²) in [6, 6.07) is 3.02. The average molecular weight is 337 g/mol. The van der Waals surface area contributed by atoms with Crippen molar-refractivity contribution in [2.75, 3.05) is 17.3 Å². The van der Waals surface area contributed by atoms with Crippen LogP contribution < -0.4 is 10.6 Å². The van der Waals surface area contributed by atoms with Crippen molar-refractivity contribution < 1.29 is 14.7 Å². The highest BCUT2D eigenvalue weighted by Crippen LogP contribution is 2.22. The van der Waals surface area contributed by atoms with Crippen molar-refractivity contribution in [1.82, 2.24) is 5.32 Å². The molecule has 2 amide bonds. The van der Waals surface area contributed by atoms with Gasteiger partial charge in [-0.1, -0.05) is 23.2 Å². The Hall–Kier alpha value is -1.11. The zero-order valence-electron chi connectivity index (χ0n) is 10.7. The number of nitrogens with one attached hydrogen (secondary N) is 2. The third-order valence-corrected chi connectivity index (χ3v) is 3.41. The van der Waals surface area contributed by atoms with Crippen LogP contribution in [0.2, 0.25) is 10.0 Å². The van der Waals surface area contributed by atoms with E-state index in [4.69, 9.17) is 28.3 Å². The summed E-state index contributed by atoms with van der Waals surface area (Å²) in [5.41, 5.74) is 0.397. The van der Waals surface area contributed by atoms with Crippen LogP contribution in [0.5, 0.6) is 0 Å². The second-order valence-corrected chi connectivity index (χ2v) is 5.79. The normalized spacial score (nSPS) is 11.8. The zero-order chi connectivity index (χ0) is 15.1. The summed E-state index contributed by atoms with van der Waals surface area (Å²) in [5, 5.41) is 14.7. The smallest absolute Gasteiger partial charge is 0.326 e. The molecule has 0 unspecified atom stereocenters. The highest BCUT2D eigenvalue weighted by Gasteiger charge is 2.19. The van der Waals surface area contributed by atoms with E-state index in [0.717, 1.165) is 0 Å². The minimum absolute atomic E-state index is 0.347. The lowest BCUT2D eigenvalue weighted by molar-refractivity contribution is -0.139. The number of aliphatic carboxylic acids is 1. The maximum atomic E-state index is 11.7. The molecule has 1 atom stereocenters. The molecule has 0 saturated heterocycles. The molecule has 1 rings (SSSR count). The van der Waals surface area contributed by atoms with Gasteiger partial charge in [-0.3, -0.25) is 0 Å². The number of carboxylic acids is 1. The third kappa shape index (κ3) is 5.90. The number of anilines is 1. The van der Waals surface area contributed by atoms with Gasteiger partial charge in [0.15, 0.2) is 0 Å². The molecule has 0 spiro atoms. The molecule has 0 bridgehead atoms. The Morgan fingerprint density at radius 1 is 1.30 bits per heavy atom. The molecule has 0 fully saturated rings. The van der Waals surface area contributed by atoms with Crippen LogP contribution in [-0.4, -0.2) is 35.2 Å². The molecule has 8 heteroatoms. The van der Waals surface area contributed by atoms with E-state index in [1.54, 1.807) is 0 Å². The minimum Gasteiger partial charge on any atom is -0.480 e. The zero-order valence-corrected chi connectivity index (χ0v) is 13.0. The summed E-state index contributed by atoms with van der Waals surface area (Å²) in [6.07, 6.45) is 2.22. The second kappa shape index (κ2) is 8.24. The average Bonchev–Trinajstić information content (AvgIpc) is 2.32. The number of hydrogen-bond donors (Lipinski definition) is 3. The largest absolute Gasteiger partial charge is 0.480 e. The lowest BCUT2D eigenvalue weighted by atomic mass is 10.2. The number of carboxylic acid groups (broad SMARTS) is 1. The summed E-state index contributed by atoms with van der Waals surface area (Å²) >= 11 is 13.1. The Labute approximate surface area is 131 Å². The van der Waals surface area contributed by atoms with Gasteiger partial charge in [-0.25, -0.2) is 9.59 Å². The highest BCUT2D eigenvalue weighted by atomic mass is 35.5. The number of benzene rings is 1. The summed E-state index contributed by atoms with van der Waals surface area (Å²) in [6.45, 7) is 0. The number of thioether (sulfide) groups is 1. The fourth-order valence-corrected chi connectivity index (χ4v) is 2.44. The third-order valence-electron chi connectivity index (χ3n) is 2.33. The van der Waals surface area contributed by atoms with Gasteiger partial charge in [-0.05, 0) is 36.6 Å². The molecule has 0 radical (unpaired) electrons. The van der Waals surface area contributed by atoms with E-state index in [1.807, 2.05) is 6.26 Å². The fraction of sp³-hybridized carbons (Fsp3) is 0.333. The van der Waals surface area contributed by atoms with Crippen LogP contribution >= 0.6 is 35.0 Å².